The normalized spacial score (nSPS) is 23.7. The third-order valence-electron chi connectivity index (χ3n) is 3.87. The molecule has 0 aromatic heterocycles. The number of nitrogens with two attached hydrogens (primary N) is 1. The fraction of sp³-hybridized carbons (Fsp3) is 0.571. The van der Waals surface area contributed by atoms with Crippen LogP contribution in [0.2, 0.25) is 0 Å². The highest BCUT2D eigenvalue weighted by molar-refractivity contribution is 7.89. The van der Waals surface area contributed by atoms with Crippen LogP contribution >= 0.6 is 0 Å². The number of hydrogen-bond acceptors (Lipinski definition) is 3. The summed E-state index contributed by atoms with van der Waals surface area (Å²) in [5.41, 5.74) is 7.81. The summed E-state index contributed by atoms with van der Waals surface area (Å²) in [6.07, 6.45) is 3.10. The van der Waals surface area contributed by atoms with Crippen molar-refractivity contribution in [3.05, 3.63) is 29.3 Å². The van der Waals surface area contributed by atoms with Crippen LogP contribution in [-0.4, -0.2) is 21.0 Å². The van der Waals surface area contributed by atoms with Crippen molar-refractivity contribution in [2.45, 2.75) is 44.0 Å². The Morgan fingerprint density at radius 3 is 2.63 bits per heavy atom. The third kappa shape index (κ3) is 3.35. The van der Waals surface area contributed by atoms with Gasteiger partial charge in [-0.25, -0.2) is 13.1 Å². The molecule has 1 saturated carbocycles. The molecule has 0 amide bonds. The van der Waals surface area contributed by atoms with Crippen LogP contribution in [0.15, 0.2) is 23.1 Å². The Morgan fingerprint density at radius 2 is 2.05 bits per heavy atom. The SMILES string of the molecule is Cc1ccc(S(=O)(=O)NCC2CCCC2N)c(C)c1. The number of benzene rings is 1. The first-order valence-electron chi connectivity index (χ1n) is 6.72. The number of nitrogens with one attached hydrogen (secondary N) is 1. The van der Waals surface area contributed by atoms with Gasteiger partial charge in [-0.2, -0.15) is 0 Å². The molecule has 106 valence electrons. The Bertz CT molecular complexity index is 555. The zero-order valence-corrected chi connectivity index (χ0v) is 12.3. The molecule has 1 aliphatic rings. The second kappa shape index (κ2) is 5.61. The summed E-state index contributed by atoms with van der Waals surface area (Å²) in [4.78, 5) is 0.365. The molecular weight excluding hydrogens is 260 g/mol. The van der Waals surface area contributed by atoms with Gasteiger partial charge in [0, 0.05) is 12.6 Å². The minimum absolute atomic E-state index is 0.127. The highest BCUT2D eigenvalue weighted by Gasteiger charge is 2.26. The predicted octanol–water partition coefficient (Wildman–Crippen LogP) is 1.71. The number of sulfonamides is 1. The van der Waals surface area contributed by atoms with Crippen molar-refractivity contribution in [1.29, 1.82) is 0 Å². The van der Waals surface area contributed by atoms with E-state index >= 15 is 0 Å². The largest absolute Gasteiger partial charge is 0.327 e. The van der Waals surface area contributed by atoms with Gasteiger partial charge in [-0.05, 0) is 44.2 Å². The van der Waals surface area contributed by atoms with Crippen LogP contribution in [0.5, 0.6) is 0 Å². The van der Waals surface area contributed by atoms with E-state index in [1.807, 2.05) is 26.0 Å². The van der Waals surface area contributed by atoms with Gasteiger partial charge in [0.25, 0.3) is 0 Å². The highest BCUT2D eigenvalue weighted by atomic mass is 32.2. The molecular formula is C14H22N2O2S. The number of aryl methyl sites for hydroxylation is 2. The fourth-order valence-corrected chi connectivity index (χ4v) is 4.03. The van der Waals surface area contributed by atoms with Crippen LogP contribution < -0.4 is 10.5 Å². The van der Waals surface area contributed by atoms with Crippen molar-refractivity contribution in [2.24, 2.45) is 11.7 Å². The molecule has 0 saturated heterocycles. The zero-order valence-electron chi connectivity index (χ0n) is 11.5. The first-order valence-corrected chi connectivity index (χ1v) is 8.21. The van der Waals surface area contributed by atoms with Gasteiger partial charge in [0.1, 0.15) is 0 Å². The second-order valence-corrected chi connectivity index (χ2v) is 7.21. The fourth-order valence-electron chi connectivity index (χ4n) is 2.71. The molecule has 0 radical (unpaired) electrons. The molecule has 5 heteroatoms. The first kappa shape index (κ1) is 14.5. The van der Waals surface area contributed by atoms with Crippen molar-refractivity contribution in [3.63, 3.8) is 0 Å². The third-order valence-corrected chi connectivity index (χ3v) is 5.46. The Morgan fingerprint density at radius 1 is 1.32 bits per heavy atom. The monoisotopic (exact) mass is 282 g/mol. The van der Waals surface area contributed by atoms with E-state index in [1.165, 1.54) is 0 Å². The number of hydrogen-bond donors (Lipinski definition) is 2. The molecule has 0 bridgehead atoms. The topological polar surface area (TPSA) is 72.2 Å². The summed E-state index contributed by atoms with van der Waals surface area (Å²) >= 11 is 0. The van der Waals surface area contributed by atoms with Crippen molar-refractivity contribution in [3.8, 4) is 0 Å². The van der Waals surface area contributed by atoms with Crippen LogP contribution in [0.25, 0.3) is 0 Å². The van der Waals surface area contributed by atoms with Gasteiger partial charge in [0.2, 0.25) is 10.0 Å². The second-order valence-electron chi connectivity index (χ2n) is 5.48. The molecule has 1 aromatic rings. The summed E-state index contributed by atoms with van der Waals surface area (Å²) in [5.74, 6) is 0.264. The van der Waals surface area contributed by atoms with Crippen LogP contribution in [0.4, 0.5) is 0 Å². The summed E-state index contributed by atoms with van der Waals surface area (Å²) in [6, 6.07) is 5.50. The van der Waals surface area contributed by atoms with Gasteiger partial charge < -0.3 is 5.73 Å². The lowest BCUT2D eigenvalue weighted by Gasteiger charge is -2.16. The highest BCUT2D eigenvalue weighted by Crippen LogP contribution is 2.24. The molecule has 2 atom stereocenters. The lowest BCUT2D eigenvalue weighted by atomic mass is 10.1. The molecule has 2 rings (SSSR count). The summed E-state index contributed by atoms with van der Waals surface area (Å²) in [7, 11) is -3.42. The summed E-state index contributed by atoms with van der Waals surface area (Å²) < 4.78 is 27.3. The van der Waals surface area contributed by atoms with E-state index in [0.29, 0.717) is 11.4 Å². The quantitative estimate of drug-likeness (QED) is 0.883. The molecule has 1 aliphatic carbocycles. The Kier molecular flexibility index (Phi) is 4.28. The van der Waals surface area contributed by atoms with Crippen molar-refractivity contribution in [2.75, 3.05) is 6.54 Å². The summed E-state index contributed by atoms with van der Waals surface area (Å²) in [6.45, 7) is 4.22. The van der Waals surface area contributed by atoms with E-state index in [9.17, 15) is 8.42 Å². The van der Waals surface area contributed by atoms with Gasteiger partial charge in [0.15, 0.2) is 0 Å². The molecule has 0 spiro atoms. The van der Waals surface area contributed by atoms with Gasteiger partial charge in [-0.3, -0.25) is 0 Å². The first-order chi connectivity index (χ1) is 8.90. The lowest BCUT2D eigenvalue weighted by molar-refractivity contribution is 0.469. The van der Waals surface area contributed by atoms with Crippen molar-refractivity contribution in [1.82, 2.24) is 4.72 Å². The minimum atomic E-state index is -3.42. The van der Waals surface area contributed by atoms with E-state index in [1.54, 1.807) is 6.07 Å². The zero-order chi connectivity index (χ0) is 14.0. The molecule has 2 unspecified atom stereocenters. The van der Waals surface area contributed by atoms with Crippen molar-refractivity contribution >= 4 is 10.0 Å². The average Bonchev–Trinajstić information content (AvgIpc) is 2.72. The predicted molar refractivity (Wildman–Crippen MR) is 76.4 cm³/mol. The molecule has 0 heterocycles. The van der Waals surface area contributed by atoms with E-state index < -0.39 is 10.0 Å². The van der Waals surface area contributed by atoms with Crippen LogP contribution in [0, 0.1) is 19.8 Å². The van der Waals surface area contributed by atoms with E-state index in [0.717, 1.165) is 30.4 Å². The molecule has 19 heavy (non-hydrogen) atoms. The molecule has 0 aliphatic heterocycles. The molecule has 1 fully saturated rings. The Balaban J connectivity index is 2.09. The average molecular weight is 282 g/mol. The minimum Gasteiger partial charge on any atom is -0.327 e. The maximum Gasteiger partial charge on any atom is 0.240 e. The van der Waals surface area contributed by atoms with Gasteiger partial charge in [-0.15, -0.1) is 0 Å². The van der Waals surface area contributed by atoms with Gasteiger partial charge in [-0.1, -0.05) is 24.1 Å². The standard InChI is InChI=1S/C14H22N2O2S/c1-10-6-7-14(11(2)8-10)19(17,18)16-9-12-4-3-5-13(12)15/h6-8,12-13,16H,3-5,9,15H2,1-2H3. The Labute approximate surface area is 115 Å². The maximum absolute atomic E-state index is 12.3. The van der Waals surface area contributed by atoms with E-state index in [2.05, 4.69) is 4.72 Å². The van der Waals surface area contributed by atoms with E-state index in [-0.39, 0.29) is 12.0 Å². The van der Waals surface area contributed by atoms with Crippen LogP contribution in [0.3, 0.4) is 0 Å². The number of rotatable bonds is 4. The molecule has 1 aromatic carbocycles. The van der Waals surface area contributed by atoms with Gasteiger partial charge >= 0.3 is 0 Å². The maximum atomic E-state index is 12.3. The van der Waals surface area contributed by atoms with Crippen molar-refractivity contribution < 1.29 is 8.42 Å². The molecule has 3 N–H and O–H groups in total. The summed E-state index contributed by atoms with van der Waals surface area (Å²) in [5, 5.41) is 0. The smallest absolute Gasteiger partial charge is 0.240 e. The molecule has 4 nitrogen and oxygen atoms in total. The lowest BCUT2D eigenvalue weighted by Crippen LogP contribution is -2.36. The Hall–Kier alpha value is -0.910. The van der Waals surface area contributed by atoms with E-state index in [4.69, 9.17) is 5.73 Å². The van der Waals surface area contributed by atoms with Gasteiger partial charge in [0.05, 0.1) is 4.90 Å². The van der Waals surface area contributed by atoms with Crippen LogP contribution in [-0.2, 0) is 10.0 Å². The van der Waals surface area contributed by atoms with Crippen LogP contribution in [0.1, 0.15) is 30.4 Å².